The van der Waals surface area contributed by atoms with Gasteiger partial charge in [0.1, 0.15) is 0 Å². The quantitative estimate of drug-likeness (QED) is 0.438. The van der Waals surface area contributed by atoms with E-state index in [0.717, 1.165) is 5.11 Å². The van der Waals surface area contributed by atoms with Gasteiger partial charge in [-0.15, -0.1) is 0 Å². The zero-order valence-corrected chi connectivity index (χ0v) is 21.7. The fourth-order valence-electron chi connectivity index (χ4n) is 5.14. The Morgan fingerprint density at radius 1 is 0.970 bits per heavy atom. The first-order chi connectivity index (χ1) is 16.0. The van der Waals surface area contributed by atoms with E-state index in [-0.39, 0.29) is 6.04 Å². The molecule has 2 aromatic carbocycles. The molecule has 4 atom stereocenters. The summed E-state index contributed by atoms with van der Waals surface area (Å²) in [5.74, 6) is 0.312. The fraction of sp³-hybridized carbons (Fsp3) is 0.393. The van der Waals surface area contributed by atoms with Gasteiger partial charge >= 0.3 is 0 Å². The van der Waals surface area contributed by atoms with E-state index >= 15 is 0 Å². The summed E-state index contributed by atoms with van der Waals surface area (Å²) in [6.07, 6.45) is 11.9. The second-order valence-electron chi connectivity index (χ2n) is 9.34. The molecule has 0 radical (unpaired) electrons. The zero-order chi connectivity index (χ0) is 23.2. The average molecular weight is 478 g/mol. The van der Waals surface area contributed by atoms with Crippen LogP contribution in [0.1, 0.15) is 32.6 Å². The Kier molecular flexibility index (Phi) is 8.35. The maximum absolute atomic E-state index is 5.80. The molecule has 0 amide bonds. The molecule has 5 heteroatoms. The number of rotatable bonds is 7. The molecule has 2 aromatic rings. The van der Waals surface area contributed by atoms with Gasteiger partial charge in [-0.2, -0.15) is 0 Å². The minimum absolute atomic E-state index is 0.217. The minimum Gasteiger partial charge on any atom is -0.359 e. The maximum atomic E-state index is 5.80. The van der Waals surface area contributed by atoms with Crippen molar-refractivity contribution in [2.45, 2.75) is 50.7 Å². The molecule has 1 saturated carbocycles. The van der Waals surface area contributed by atoms with Gasteiger partial charge in [0.05, 0.1) is 0 Å². The Bertz CT molecular complexity index is 934. The summed E-state index contributed by atoms with van der Waals surface area (Å²) < 4.78 is 0. The zero-order valence-electron chi connectivity index (χ0n) is 19.9. The summed E-state index contributed by atoms with van der Waals surface area (Å²) in [6.45, 7) is 2.26. The highest BCUT2D eigenvalue weighted by molar-refractivity contribution is 7.80. The highest BCUT2D eigenvalue weighted by atomic mass is 32.1. The number of thiocarbonyl (C=S) groups is 1. The molecule has 3 nitrogen and oxygen atoms in total. The van der Waals surface area contributed by atoms with Gasteiger partial charge in [0.2, 0.25) is 0 Å². The first-order valence-corrected chi connectivity index (χ1v) is 13.8. The Balaban J connectivity index is 1.48. The second-order valence-corrected chi connectivity index (χ2v) is 12.0. The van der Waals surface area contributed by atoms with E-state index in [0.29, 0.717) is 18.0 Å². The highest BCUT2D eigenvalue weighted by Crippen LogP contribution is 2.49. The summed E-state index contributed by atoms with van der Waals surface area (Å²) in [5.41, 5.74) is 0. The van der Waals surface area contributed by atoms with Gasteiger partial charge in [0.25, 0.3) is 0 Å². The largest absolute Gasteiger partial charge is 0.359 e. The first-order valence-electron chi connectivity index (χ1n) is 12.1. The lowest BCUT2D eigenvalue weighted by atomic mass is 9.89. The number of allylic oxidation sites excluding steroid dienone is 2. The van der Waals surface area contributed by atoms with E-state index in [4.69, 9.17) is 12.2 Å². The summed E-state index contributed by atoms with van der Waals surface area (Å²) in [5, 5.41) is 12.3. The third-order valence-corrected chi connectivity index (χ3v) is 9.65. The third-order valence-electron chi connectivity index (χ3n) is 6.82. The van der Waals surface area contributed by atoms with Gasteiger partial charge in [-0.25, -0.2) is 0 Å². The van der Waals surface area contributed by atoms with Crippen LogP contribution in [0.15, 0.2) is 84.2 Å². The summed E-state index contributed by atoms with van der Waals surface area (Å²) >= 11 is 5.80. The van der Waals surface area contributed by atoms with E-state index in [9.17, 15) is 0 Å². The Hall–Kier alpha value is -2.00. The summed E-state index contributed by atoms with van der Waals surface area (Å²) in [6, 6.07) is 23.0. The molecule has 174 valence electrons. The molecule has 2 aliphatic carbocycles. The predicted molar refractivity (Wildman–Crippen MR) is 148 cm³/mol. The van der Waals surface area contributed by atoms with Gasteiger partial charge in [-0.3, -0.25) is 0 Å². The Morgan fingerprint density at radius 2 is 1.58 bits per heavy atom. The molecular weight excluding hydrogens is 441 g/mol. The van der Waals surface area contributed by atoms with Crippen molar-refractivity contribution < 1.29 is 0 Å². The van der Waals surface area contributed by atoms with Crippen molar-refractivity contribution >= 4 is 35.9 Å². The van der Waals surface area contributed by atoms with Crippen molar-refractivity contribution in [3.8, 4) is 0 Å². The molecule has 0 aliphatic heterocycles. The SMILES string of the molecule is C[C@@H](NC(=S)N[C@H]1CCCC[C@@H]1N(C)C)[C@@H]1C=CC=C1P(c1ccccc1)c1ccccc1. The van der Waals surface area contributed by atoms with E-state index < -0.39 is 7.92 Å². The van der Waals surface area contributed by atoms with Gasteiger partial charge < -0.3 is 15.5 Å². The minimum atomic E-state index is -0.593. The molecule has 33 heavy (non-hydrogen) atoms. The van der Waals surface area contributed by atoms with Crippen LogP contribution in [0, 0.1) is 5.92 Å². The Labute approximate surface area is 206 Å². The average Bonchev–Trinajstić information content (AvgIpc) is 3.30. The van der Waals surface area contributed by atoms with E-state index in [1.165, 1.54) is 41.6 Å². The van der Waals surface area contributed by atoms with Crippen LogP contribution in [-0.2, 0) is 0 Å². The number of hydrogen-bond donors (Lipinski definition) is 2. The smallest absolute Gasteiger partial charge is 0.166 e. The molecule has 2 N–H and O–H groups in total. The van der Waals surface area contributed by atoms with Crippen molar-refractivity contribution in [1.82, 2.24) is 15.5 Å². The lowest BCUT2D eigenvalue weighted by Gasteiger charge is -2.38. The monoisotopic (exact) mass is 477 g/mol. The predicted octanol–water partition coefficient (Wildman–Crippen LogP) is 4.91. The van der Waals surface area contributed by atoms with Crippen molar-refractivity contribution in [3.05, 3.63) is 84.2 Å². The molecule has 0 aromatic heterocycles. The van der Waals surface area contributed by atoms with Crippen LogP contribution in [-0.4, -0.2) is 42.2 Å². The van der Waals surface area contributed by atoms with Crippen LogP contribution in [0.3, 0.4) is 0 Å². The number of likely N-dealkylation sites (N-methyl/N-ethyl adjacent to an activating group) is 1. The third kappa shape index (κ3) is 5.93. The van der Waals surface area contributed by atoms with Crippen LogP contribution in [0.5, 0.6) is 0 Å². The van der Waals surface area contributed by atoms with Crippen molar-refractivity contribution in [2.75, 3.05) is 14.1 Å². The van der Waals surface area contributed by atoms with E-state index in [2.05, 4.69) is 115 Å². The Morgan fingerprint density at radius 3 is 2.18 bits per heavy atom. The van der Waals surface area contributed by atoms with E-state index in [1.54, 1.807) is 0 Å². The van der Waals surface area contributed by atoms with Gasteiger partial charge in [0, 0.05) is 24.0 Å². The first kappa shape index (κ1) is 24.1. The normalized spacial score (nSPS) is 23.4. The van der Waals surface area contributed by atoms with Gasteiger partial charge in [0.15, 0.2) is 5.11 Å². The number of nitrogens with zero attached hydrogens (tertiary/aromatic N) is 1. The van der Waals surface area contributed by atoms with Crippen LogP contribution in [0.4, 0.5) is 0 Å². The molecule has 4 rings (SSSR count). The number of benzene rings is 2. The molecule has 1 fully saturated rings. The van der Waals surface area contributed by atoms with Crippen LogP contribution in [0.2, 0.25) is 0 Å². The van der Waals surface area contributed by atoms with Crippen molar-refractivity contribution in [3.63, 3.8) is 0 Å². The highest BCUT2D eigenvalue weighted by Gasteiger charge is 2.31. The lowest BCUT2D eigenvalue weighted by Crippen LogP contribution is -2.55. The number of nitrogens with one attached hydrogen (secondary N) is 2. The van der Waals surface area contributed by atoms with Crippen LogP contribution >= 0.6 is 20.1 Å². The van der Waals surface area contributed by atoms with Gasteiger partial charge in [-0.1, -0.05) is 91.7 Å². The second kappa shape index (κ2) is 11.4. The molecule has 2 aliphatic rings. The topological polar surface area (TPSA) is 27.3 Å². The van der Waals surface area contributed by atoms with Gasteiger partial charge in [-0.05, 0) is 69.9 Å². The summed E-state index contributed by atoms with van der Waals surface area (Å²) in [4.78, 5) is 2.34. The summed E-state index contributed by atoms with van der Waals surface area (Å²) in [7, 11) is 3.77. The number of hydrogen-bond acceptors (Lipinski definition) is 2. The molecule has 0 unspecified atom stereocenters. The molecule has 0 heterocycles. The van der Waals surface area contributed by atoms with Crippen LogP contribution < -0.4 is 21.2 Å². The fourth-order valence-corrected chi connectivity index (χ4v) is 8.15. The van der Waals surface area contributed by atoms with Crippen LogP contribution in [0.25, 0.3) is 0 Å². The molecule has 0 spiro atoms. The maximum Gasteiger partial charge on any atom is 0.166 e. The molecule has 0 saturated heterocycles. The van der Waals surface area contributed by atoms with Crippen molar-refractivity contribution in [1.29, 1.82) is 0 Å². The standard InChI is InChI=1S/C28H36N3PS/c1-21(29-28(33)30-25-18-10-11-19-26(25)31(2)3)24-17-12-20-27(24)32(22-13-6-4-7-14-22)23-15-8-5-9-16-23/h4-9,12-17,20-21,24-26H,10-11,18-19H2,1-3H3,(H2,29,30,33)/t21-,24+,25+,26+/m1/s1. The molecule has 0 bridgehead atoms. The molecular formula is C28H36N3PS. The van der Waals surface area contributed by atoms with E-state index in [1.807, 2.05) is 0 Å². The van der Waals surface area contributed by atoms with Crippen molar-refractivity contribution in [2.24, 2.45) is 5.92 Å². The lowest BCUT2D eigenvalue weighted by molar-refractivity contribution is 0.189.